The Morgan fingerprint density at radius 2 is 1.78 bits per heavy atom. The molecule has 0 heterocycles. The second kappa shape index (κ2) is 7.95. The van der Waals surface area contributed by atoms with Gasteiger partial charge in [0.1, 0.15) is 0 Å². The molecule has 0 rings (SSSR count). The van der Waals surface area contributed by atoms with E-state index in [1.807, 2.05) is 20.8 Å². The summed E-state index contributed by atoms with van der Waals surface area (Å²) in [6.07, 6.45) is 0.857. The van der Waals surface area contributed by atoms with Gasteiger partial charge in [0.2, 0.25) is 5.60 Å². The highest BCUT2D eigenvalue weighted by Gasteiger charge is 2.34. The highest BCUT2D eigenvalue weighted by Crippen LogP contribution is 2.14. The highest BCUT2D eigenvalue weighted by atomic mass is 16.7. The fourth-order valence-electron chi connectivity index (χ4n) is 0.995. The van der Waals surface area contributed by atoms with Crippen molar-refractivity contribution in [3.8, 4) is 0 Å². The minimum atomic E-state index is -1.32. The lowest BCUT2D eigenvalue weighted by molar-refractivity contribution is -0.165. The van der Waals surface area contributed by atoms with Crippen molar-refractivity contribution in [3.05, 3.63) is 0 Å². The third-order valence-corrected chi connectivity index (χ3v) is 2.10. The zero-order valence-electron chi connectivity index (χ0n) is 11.9. The monoisotopic (exact) mass is 260 g/mol. The van der Waals surface area contributed by atoms with Crippen molar-refractivity contribution in [1.82, 2.24) is 0 Å². The van der Waals surface area contributed by atoms with Crippen LogP contribution in [0.15, 0.2) is 0 Å². The van der Waals surface area contributed by atoms with E-state index in [0.717, 1.165) is 12.8 Å². The largest absolute Gasteiger partial charge is 0.509 e. The van der Waals surface area contributed by atoms with E-state index in [9.17, 15) is 9.59 Å². The Morgan fingerprint density at radius 3 is 2.28 bits per heavy atom. The van der Waals surface area contributed by atoms with Crippen LogP contribution in [-0.2, 0) is 19.0 Å². The molecular weight excluding hydrogens is 236 g/mol. The maximum atomic E-state index is 11.7. The number of ether oxygens (including phenoxy) is 3. The number of esters is 1. The third kappa shape index (κ3) is 7.14. The molecule has 0 aromatic heterocycles. The summed E-state index contributed by atoms with van der Waals surface area (Å²) in [5.74, 6) is -0.329. The number of rotatable bonds is 7. The minimum Gasteiger partial charge on any atom is -0.462 e. The number of carbonyl (C=O) groups is 2. The van der Waals surface area contributed by atoms with Crippen molar-refractivity contribution < 1.29 is 23.8 Å². The van der Waals surface area contributed by atoms with Gasteiger partial charge in [0.25, 0.3) is 0 Å². The Bertz CT molecular complexity index is 271. The molecule has 106 valence electrons. The van der Waals surface area contributed by atoms with Crippen molar-refractivity contribution >= 4 is 12.1 Å². The highest BCUT2D eigenvalue weighted by molar-refractivity contribution is 5.81. The first kappa shape index (κ1) is 16.7. The molecule has 0 aliphatic rings. The fourth-order valence-corrected chi connectivity index (χ4v) is 0.995. The van der Waals surface area contributed by atoms with Crippen LogP contribution in [-0.4, -0.2) is 30.9 Å². The fraction of sp³-hybridized carbons (Fsp3) is 0.846. The minimum absolute atomic E-state index is 0.237. The lowest BCUT2D eigenvalue weighted by Gasteiger charge is -2.22. The standard InChI is InChI=1S/C13H24O5/c1-6-7-8-16-12(15)18-13(4,5)11(14)17-9-10(2)3/h10H,6-9H2,1-5H3. The SMILES string of the molecule is CCCCOC(=O)OC(C)(C)C(=O)OCC(C)C. The van der Waals surface area contributed by atoms with E-state index in [0.29, 0.717) is 13.2 Å². The number of hydrogen-bond acceptors (Lipinski definition) is 5. The van der Waals surface area contributed by atoms with Crippen LogP contribution >= 0.6 is 0 Å². The van der Waals surface area contributed by atoms with Gasteiger partial charge < -0.3 is 14.2 Å². The summed E-state index contributed by atoms with van der Waals surface area (Å²) in [5, 5.41) is 0. The first-order chi connectivity index (χ1) is 8.29. The Hall–Kier alpha value is -1.26. The van der Waals surface area contributed by atoms with E-state index in [2.05, 4.69) is 0 Å². The molecular formula is C13H24O5. The van der Waals surface area contributed by atoms with E-state index in [1.165, 1.54) is 13.8 Å². The van der Waals surface area contributed by atoms with Gasteiger partial charge in [0, 0.05) is 0 Å². The molecule has 0 amide bonds. The summed E-state index contributed by atoms with van der Waals surface area (Å²) in [6.45, 7) is 9.42. The van der Waals surface area contributed by atoms with Crippen molar-refractivity contribution in [1.29, 1.82) is 0 Å². The van der Waals surface area contributed by atoms with Gasteiger partial charge in [-0.2, -0.15) is 0 Å². The molecule has 0 unspecified atom stereocenters. The third-order valence-electron chi connectivity index (χ3n) is 2.10. The Morgan fingerprint density at radius 1 is 1.17 bits per heavy atom. The molecule has 0 aliphatic carbocycles. The number of carbonyl (C=O) groups excluding carboxylic acids is 2. The first-order valence-electron chi connectivity index (χ1n) is 6.32. The summed E-state index contributed by atoms with van der Waals surface area (Å²) in [6, 6.07) is 0. The van der Waals surface area contributed by atoms with E-state index >= 15 is 0 Å². The zero-order chi connectivity index (χ0) is 14.2. The average Bonchev–Trinajstić information content (AvgIpc) is 2.25. The number of hydrogen-bond donors (Lipinski definition) is 0. The van der Waals surface area contributed by atoms with Crippen LogP contribution in [0, 0.1) is 5.92 Å². The van der Waals surface area contributed by atoms with E-state index in [-0.39, 0.29) is 5.92 Å². The molecule has 0 N–H and O–H groups in total. The van der Waals surface area contributed by atoms with Crippen LogP contribution in [0.1, 0.15) is 47.5 Å². The van der Waals surface area contributed by atoms with Crippen LogP contribution in [0.25, 0.3) is 0 Å². The molecule has 0 atom stereocenters. The molecule has 0 aliphatic heterocycles. The molecule has 5 nitrogen and oxygen atoms in total. The average molecular weight is 260 g/mol. The molecule has 0 radical (unpaired) electrons. The van der Waals surface area contributed by atoms with Gasteiger partial charge >= 0.3 is 12.1 Å². The second-order valence-corrected chi connectivity index (χ2v) is 5.06. The smallest absolute Gasteiger partial charge is 0.462 e. The molecule has 5 heteroatoms. The van der Waals surface area contributed by atoms with E-state index in [4.69, 9.17) is 14.2 Å². The van der Waals surface area contributed by atoms with Crippen LogP contribution in [0.4, 0.5) is 4.79 Å². The van der Waals surface area contributed by atoms with Gasteiger partial charge in [-0.15, -0.1) is 0 Å². The Labute approximate surface area is 109 Å². The second-order valence-electron chi connectivity index (χ2n) is 5.06. The number of unbranched alkanes of at least 4 members (excludes halogenated alkanes) is 1. The predicted octanol–water partition coefficient (Wildman–Crippen LogP) is 2.92. The molecule has 0 saturated carbocycles. The van der Waals surface area contributed by atoms with Crippen molar-refractivity contribution in [2.45, 2.75) is 53.1 Å². The quantitative estimate of drug-likeness (QED) is 0.520. The van der Waals surface area contributed by atoms with Gasteiger partial charge in [-0.3, -0.25) is 0 Å². The first-order valence-corrected chi connectivity index (χ1v) is 6.32. The maximum Gasteiger partial charge on any atom is 0.509 e. The summed E-state index contributed by atoms with van der Waals surface area (Å²) in [5.41, 5.74) is -1.32. The molecule has 0 fully saturated rings. The summed E-state index contributed by atoms with van der Waals surface area (Å²) in [4.78, 5) is 23.0. The maximum absolute atomic E-state index is 11.7. The van der Waals surface area contributed by atoms with E-state index < -0.39 is 17.7 Å². The Kier molecular flexibility index (Phi) is 7.39. The van der Waals surface area contributed by atoms with E-state index in [1.54, 1.807) is 0 Å². The molecule has 0 aromatic carbocycles. The zero-order valence-corrected chi connectivity index (χ0v) is 11.9. The Balaban J connectivity index is 4.11. The van der Waals surface area contributed by atoms with Crippen LogP contribution < -0.4 is 0 Å². The molecule has 0 bridgehead atoms. The predicted molar refractivity (Wildman–Crippen MR) is 67.2 cm³/mol. The van der Waals surface area contributed by atoms with Crippen molar-refractivity contribution in [2.75, 3.05) is 13.2 Å². The lowest BCUT2D eigenvalue weighted by Crippen LogP contribution is -2.39. The lowest BCUT2D eigenvalue weighted by atomic mass is 10.1. The topological polar surface area (TPSA) is 61.8 Å². The van der Waals surface area contributed by atoms with Gasteiger partial charge in [0.05, 0.1) is 13.2 Å². The molecule has 0 aromatic rings. The summed E-state index contributed by atoms with van der Waals surface area (Å²) < 4.78 is 14.8. The molecule has 18 heavy (non-hydrogen) atoms. The summed E-state index contributed by atoms with van der Waals surface area (Å²) in [7, 11) is 0. The van der Waals surface area contributed by atoms with Gasteiger partial charge in [0.15, 0.2) is 0 Å². The van der Waals surface area contributed by atoms with Crippen molar-refractivity contribution in [2.24, 2.45) is 5.92 Å². The molecule has 0 saturated heterocycles. The van der Waals surface area contributed by atoms with Crippen molar-refractivity contribution in [3.63, 3.8) is 0 Å². The van der Waals surface area contributed by atoms with Gasteiger partial charge in [-0.1, -0.05) is 27.2 Å². The van der Waals surface area contributed by atoms with Gasteiger partial charge in [-0.05, 0) is 26.2 Å². The summed E-state index contributed by atoms with van der Waals surface area (Å²) >= 11 is 0. The van der Waals surface area contributed by atoms with Gasteiger partial charge in [-0.25, -0.2) is 9.59 Å². The molecule has 0 spiro atoms. The van der Waals surface area contributed by atoms with Crippen LogP contribution in [0.3, 0.4) is 0 Å². The normalized spacial score (nSPS) is 11.2. The van der Waals surface area contributed by atoms with Crippen LogP contribution in [0.5, 0.6) is 0 Å². The van der Waals surface area contributed by atoms with Crippen LogP contribution in [0.2, 0.25) is 0 Å².